The van der Waals surface area contributed by atoms with Gasteiger partial charge in [0.1, 0.15) is 17.3 Å². The molecule has 0 saturated heterocycles. The molecular weight excluding hydrogens is 280 g/mol. The van der Waals surface area contributed by atoms with Crippen molar-refractivity contribution in [2.75, 3.05) is 5.32 Å². The second-order valence-electron chi connectivity index (χ2n) is 4.80. The number of aliphatic hydroxyl groups excluding tert-OH is 1. The number of nitrogens with one attached hydrogen (secondary N) is 1. The van der Waals surface area contributed by atoms with E-state index in [1.807, 2.05) is 27.7 Å². The van der Waals surface area contributed by atoms with Gasteiger partial charge in [-0.05, 0) is 32.9 Å². The highest BCUT2D eigenvalue weighted by Gasteiger charge is 2.10. The fraction of sp³-hybridized carbons (Fsp3) is 0.438. The van der Waals surface area contributed by atoms with Crippen molar-refractivity contribution in [1.29, 1.82) is 0 Å². The summed E-state index contributed by atoms with van der Waals surface area (Å²) in [5.74, 6) is 1.03. The Kier molecular flexibility index (Phi) is 6.72. The van der Waals surface area contributed by atoms with Gasteiger partial charge in [-0.1, -0.05) is 13.8 Å². The van der Waals surface area contributed by atoms with Crippen LogP contribution in [0.1, 0.15) is 45.1 Å². The molecule has 0 radical (unpaired) electrons. The van der Waals surface area contributed by atoms with Crippen molar-refractivity contribution in [3.05, 3.63) is 46.3 Å². The highest BCUT2D eigenvalue weighted by molar-refractivity contribution is 5.57. The number of pyridine rings is 1. The van der Waals surface area contributed by atoms with Gasteiger partial charge in [0.2, 0.25) is 0 Å². The average molecular weight is 304 g/mol. The van der Waals surface area contributed by atoms with Gasteiger partial charge in [-0.2, -0.15) is 0 Å². The highest BCUT2D eigenvalue weighted by Crippen LogP contribution is 2.16. The van der Waals surface area contributed by atoms with Gasteiger partial charge in [0.25, 0.3) is 5.56 Å². The quantitative estimate of drug-likeness (QED) is 0.908. The van der Waals surface area contributed by atoms with E-state index in [0.29, 0.717) is 22.9 Å². The Hall–Kier alpha value is -2.21. The fourth-order valence-electron chi connectivity index (χ4n) is 1.86. The van der Waals surface area contributed by atoms with Crippen molar-refractivity contribution in [3.63, 3.8) is 0 Å². The van der Waals surface area contributed by atoms with E-state index in [-0.39, 0.29) is 18.2 Å². The van der Waals surface area contributed by atoms with E-state index >= 15 is 0 Å². The minimum absolute atomic E-state index is 0.0775. The van der Waals surface area contributed by atoms with E-state index in [1.54, 1.807) is 36.0 Å². The molecule has 0 amide bonds. The lowest BCUT2D eigenvalue weighted by Crippen LogP contribution is -2.23. The second-order valence-corrected chi connectivity index (χ2v) is 4.80. The molecule has 0 atom stereocenters. The van der Waals surface area contributed by atoms with E-state index in [9.17, 15) is 9.90 Å². The van der Waals surface area contributed by atoms with Gasteiger partial charge in [-0.25, -0.2) is 9.97 Å². The molecule has 6 nitrogen and oxygen atoms in total. The molecule has 0 spiro atoms. The molecule has 0 fully saturated rings. The van der Waals surface area contributed by atoms with Crippen molar-refractivity contribution < 1.29 is 5.11 Å². The van der Waals surface area contributed by atoms with Crippen LogP contribution in [0, 0.1) is 6.92 Å². The van der Waals surface area contributed by atoms with Crippen LogP contribution in [-0.2, 0) is 6.61 Å². The van der Waals surface area contributed by atoms with Gasteiger partial charge < -0.3 is 15.0 Å². The Morgan fingerprint density at radius 2 is 2.05 bits per heavy atom. The summed E-state index contributed by atoms with van der Waals surface area (Å²) < 4.78 is 1.63. The molecule has 2 heterocycles. The zero-order valence-corrected chi connectivity index (χ0v) is 13.8. The van der Waals surface area contributed by atoms with E-state index in [2.05, 4.69) is 15.3 Å². The number of aliphatic hydroxyl groups is 1. The topological polar surface area (TPSA) is 80.0 Å². The lowest BCUT2D eigenvalue weighted by Gasteiger charge is -2.13. The Balaban J connectivity index is 0.00000116. The number of rotatable bonds is 4. The van der Waals surface area contributed by atoms with Crippen LogP contribution in [0.5, 0.6) is 0 Å². The molecular formula is C16H24N4O2. The number of nitrogens with zero attached hydrogens (tertiary/aromatic N) is 3. The van der Waals surface area contributed by atoms with Crippen LogP contribution >= 0.6 is 0 Å². The minimum atomic E-state index is -0.187. The van der Waals surface area contributed by atoms with Crippen molar-refractivity contribution in [3.8, 4) is 0 Å². The molecule has 0 bridgehead atoms. The Labute approximate surface area is 130 Å². The van der Waals surface area contributed by atoms with Crippen LogP contribution in [0.15, 0.2) is 29.3 Å². The minimum Gasteiger partial charge on any atom is -0.391 e. The number of hydrogen-bond acceptors (Lipinski definition) is 5. The van der Waals surface area contributed by atoms with E-state index in [4.69, 9.17) is 0 Å². The molecule has 2 N–H and O–H groups in total. The van der Waals surface area contributed by atoms with Gasteiger partial charge in [0.15, 0.2) is 0 Å². The predicted molar refractivity (Wildman–Crippen MR) is 88.4 cm³/mol. The number of aryl methyl sites for hydroxylation is 1. The summed E-state index contributed by atoms with van der Waals surface area (Å²) in [5.41, 5.74) is 0.853. The third-order valence-corrected chi connectivity index (χ3v) is 2.94. The summed E-state index contributed by atoms with van der Waals surface area (Å²) in [7, 11) is 0. The standard InChI is InChI=1S/C14H18N4O2.C2H6/c1-9(2)18-6-4-5-12(14(18)20)17-13-11(8-19)7-15-10(3)16-13;1-2/h4-7,9,19H,8H2,1-3H3,(H,15,16,17);1-2H3. The van der Waals surface area contributed by atoms with Crippen molar-refractivity contribution in [2.24, 2.45) is 0 Å². The molecule has 0 aliphatic heterocycles. The summed E-state index contributed by atoms with van der Waals surface area (Å²) in [6.07, 6.45) is 3.30. The summed E-state index contributed by atoms with van der Waals surface area (Å²) in [6, 6.07) is 3.57. The van der Waals surface area contributed by atoms with Crippen molar-refractivity contribution >= 4 is 11.5 Å². The van der Waals surface area contributed by atoms with Crippen LogP contribution in [0.25, 0.3) is 0 Å². The average Bonchev–Trinajstić information content (AvgIpc) is 2.51. The van der Waals surface area contributed by atoms with Gasteiger partial charge in [-0.3, -0.25) is 4.79 Å². The SMILES string of the molecule is CC.Cc1ncc(CO)c(Nc2cccn(C(C)C)c2=O)n1. The largest absolute Gasteiger partial charge is 0.391 e. The van der Waals surface area contributed by atoms with E-state index in [1.165, 1.54) is 0 Å². The molecule has 0 aromatic carbocycles. The molecule has 22 heavy (non-hydrogen) atoms. The number of hydrogen-bond donors (Lipinski definition) is 2. The van der Waals surface area contributed by atoms with Crippen molar-refractivity contribution in [2.45, 2.75) is 47.3 Å². The molecule has 2 aromatic rings. The zero-order valence-electron chi connectivity index (χ0n) is 13.8. The third-order valence-electron chi connectivity index (χ3n) is 2.94. The van der Waals surface area contributed by atoms with Gasteiger partial charge in [0, 0.05) is 24.0 Å². The smallest absolute Gasteiger partial charge is 0.274 e. The number of aromatic nitrogens is 3. The molecule has 0 aliphatic rings. The monoisotopic (exact) mass is 304 g/mol. The summed E-state index contributed by atoms with van der Waals surface area (Å²) in [5, 5.41) is 12.3. The maximum atomic E-state index is 12.3. The normalized spacial score (nSPS) is 10.1. The first-order valence-corrected chi connectivity index (χ1v) is 7.44. The first-order chi connectivity index (χ1) is 10.5. The maximum Gasteiger partial charge on any atom is 0.274 e. The Bertz CT molecular complexity index is 665. The second kappa shape index (κ2) is 8.29. The summed E-state index contributed by atoms with van der Waals surface area (Å²) in [4.78, 5) is 20.5. The van der Waals surface area contributed by atoms with Crippen LogP contribution in [-0.4, -0.2) is 19.6 Å². The lowest BCUT2D eigenvalue weighted by atomic mass is 10.3. The molecule has 0 saturated carbocycles. The first kappa shape index (κ1) is 17.8. The Morgan fingerprint density at radius 3 is 2.64 bits per heavy atom. The van der Waals surface area contributed by atoms with E-state index in [0.717, 1.165) is 0 Å². The van der Waals surface area contributed by atoms with Crippen molar-refractivity contribution in [1.82, 2.24) is 14.5 Å². The molecule has 2 aromatic heterocycles. The molecule has 0 unspecified atom stereocenters. The molecule has 2 rings (SSSR count). The van der Waals surface area contributed by atoms with Gasteiger partial charge >= 0.3 is 0 Å². The third kappa shape index (κ3) is 4.14. The van der Waals surface area contributed by atoms with Crippen LogP contribution in [0.3, 0.4) is 0 Å². The summed E-state index contributed by atoms with van der Waals surface area (Å²) in [6.45, 7) is 9.45. The highest BCUT2D eigenvalue weighted by atomic mass is 16.3. The fourth-order valence-corrected chi connectivity index (χ4v) is 1.86. The number of anilines is 2. The molecule has 6 heteroatoms. The van der Waals surface area contributed by atoms with Crippen LogP contribution < -0.4 is 10.9 Å². The van der Waals surface area contributed by atoms with Gasteiger partial charge in [0.05, 0.1) is 6.61 Å². The first-order valence-electron chi connectivity index (χ1n) is 7.44. The summed E-state index contributed by atoms with van der Waals surface area (Å²) >= 11 is 0. The van der Waals surface area contributed by atoms with Crippen LogP contribution in [0.2, 0.25) is 0 Å². The molecule has 120 valence electrons. The Morgan fingerprint density at radius 1 is 1.36 bits per heavy atom. The maximum absolute atomic E-state index is 12.3. The zero-order chi connectivity index (χ0) is 16.7. The lowest BCUT2D eigenvalue weighted by molar-refractivity contribution is 0.281. The predicted octanol–water partition coefficient (Wildman–Crippen LogP) is 2.79. The van der Waals surface area contributed by atoms with Gasteiger partial charge in [-0.15, -0.1) is 0 Å². The molecule has 0 aliphatic carbocycles. The van der Waals surface area contributed by atoms with Crippen LogP contribution in [0.4, 0.5) is 11.5 Å². The van der Waals surface area contributed by atoms with E-state index < -0.39 is 0 Å².